The second-order valence-corrected chi connectivity index (χ2v) is 9.58. The number of benzene rings is 1. The molecule has 0 spiro atoms. The van der Waals surface area contributed by atoms with Gasteiger partial charge in [0.25, 0.3) is 15.9 Å². The van der Waals surface area contributed by atoms with Gasteiger partial charge < -0.3 is 15.2 Å². The molecule has 0 aliphatic carbocycles. The number of thiophene rings is 1. The summed E-state index contributed by atoms with van der Waals surface area (Å²) in [7, 11) is -3.81. The normalized spacial score (nSPS) is 11.0. The number of nitrogens with zero attached hydrogens (tertiary/aromatic N) is 1. The first-order valence-corrected chi connectivity index (χ1v) is 11.4. The van der Waals surface area contributed by atoms with Crippen molar-refractivity contribution in [2.45, 2.75) is 4.21 Å². The Morgan fingerprint density at radius 3 is 2.61 bits per heavy atom. The SMILES string of the molecule is O=C(COC(=O)c1ccc(NS(=O)(=O)c2cccs2)cc1O)Nc1ncc(Cl)cc1Cl. The molecule has 9 nitrogen and oxygen atoms in total. The Labute approximate surface area is 190 Å². The maximum absolute atomic E-state index is 12.2. The van der Waals surface area contributed by atoms with Crippen LogP contribution in [0.5, 0.6) is 5.75 Å². The summed E-state index contributed by atoms with van der Waals surface area (Å²) >= 11 is 12.6. The van der Waals surface area contributed by atoms with E-state index in [0.29, 0.717) is 0 Å². The number of aromatic nitrogens is 1. The molecule has 0 atom stereocenters. The molecule has 3 aromatic rings. The van der Waals surface area contributed by atoms with Gasteiger partial charge in [0.15, 0.2) is 12.4 Å². The topological polar surface area (TPSA) is 135 Å². The van der Waals surface area contributed by atoms with Crippen LogP contribution in [0.25, 0.3) is 0 Å². The zero-order valence-corrected chi connectivity index (χ0v) is 18.5. The number of ether oxygens (including phenoxy) is 1. The van der Waals surface area contributed by atoms with E-state index < -0.39 is 34.3 Å². The lowest BCUT2D eigenvalue weighted by molar-refractivity contribution is -0.119. The van der Waals surface area contributed by atoms with E-state index >= 15 is 0 Å². The number of anilines is 2. The fourth-order valence-electron chi connectivity index (χ4n) is 2.27. The fourth-order valence-corrected chi connectivity index (χ4v) is 4.74. The number of phenols is 1. The third-order valence-corrected chi connectivity index (χ3v) is 6.90. The van der Waals surface area contributed by atoms with Gasteiger partial charge in [0.1, 0.15) is 15.5 Å². The second-order valence-electron chi connectivity index (χ2n) is 5.88. The van der Waals surface area contributed by atoms with Gasteiger partial charge in [-0.05, 0) is 29.6 Å². The summed E-state index contributed by atoms with van der Waals surface area (Å²) in [6.07, 6.45) is 1.28. The van der Waals surface area contributed by atoms with Gasteiger partial charge in [0.05, 0.1) is 15.7 Å². The summed E-state index contributed by atoms with van der Waals surface area (Å²) in [5.41, 5.74) is -0.210. The Bertz CT molecular complexity index is 1230. The van der Waals surface area contributed by atoms with Crippen molar-refractivity contribution in [1.82, 2.24) is 4.98 Å². The largest absolute Gasteiger partial charge is 0.507 e. The van der Waals surface area contributed by atoms with E-state index in [4.69, 9.17) is 27.9 Å². The van der Waals surface area contributed by atoms with E-state index in [1.54, 1.807) is 11.4 Å². The predicted octanol–water partition coefficient (Wildman–Crippen LogP) is 3.75. The third-order valence-electron chi connectivity index (χ3n) is 3.63. The smallest absolute Gasteiger partial charge is 0.342 e. The van der Waals surface area contributed by atoms with Crippen LogP contribution in [0, 0.1) is 0 Å². The number of carbonyl (C=O) groups is 2. The van der Waals surface area contributed by atoms with Crippen LogP contribution < -0.4 is 10.0 Å². The van der Waals surface area contributed by atoms with Crippen molar-refractivity contribution in [3.05, 3.63) is 63.6 Å². The van der Waals surface area contributed by atoms with Crippen LogP contribution in [0.4, 0.5) is 11.5 Å². The van der Waals surface area contributed by atoms with Gasteiger partial charge in [-0.2, -0.15) is 0 Å². The number of carbonyl (C=O) groups excluding carboxylic acids is 2. The van der Waals surface area contributed by atoms with Crippen molar-refractivity contribution in [3.8, 4) is 5.75 Å². The lowest BCUT2D eigenvalue weighted by Crippen LogP contribution is -2.21. The fraction of sp³-hybridized carbons (Fsp3) is 0.0556. The number of halogens is 2. The number of hydrogen-bond acceptors (Lipinski definition) is 8. The molecule has 1 amide bonds. The molecule has 162 valence electrons. The zero-order chi connectivity index (χ0) is 22.6. The minimum Gasteiger partial charge on any atom is -0.507 e. The Morgan fingerprint density at radius 2 is 1.97 bits per heavy atom. The molecule has 0 aliphatic heterocycles. The first-order chi connectivity index (χ1) is 14.7. The first-order valence-electron chi connectivity index (χ1n) is 8.33. The first kappa shape index (κ1) is 22.8. The summed E-state index contributed by atoms with van der Waals surface area (Å²) in [4.78, 5) is 27.9. The average Bonchev–Trinajstić information content (AvgIpc) is 3.24. The van der Waals surface area contributed by atoms with Crippen LogP contribution >= 0.6 is 34.5 Å². The average molecular weight is 502 g/mol. The van der Waals surface area contributed by atoms with Crippen LogP contribution in [0.2, 0.25) is 10.0 Å². The Morgan fingerprint density at radius 1 is 1.19 bits per heavy atom. The summed E-state index contributed by atoms with van der Waals surface area (Å²) < 4.78 is 31.7. The Kier molecular flexibility index (Phi) is 7.01. The van der Waals surface area contributed by atoms with Gasteiger partial charge in [-0.1, -0.05) is 29.3 Å². The number of sulfonamides is 1. The maximum Gasteiger partial charge on any atom is 0.342 e. The molecule has 0 unspecified atom stereocenters. The van der Waals surface area contributed by atoms with Crippen molar-refractivity contribution in [3.63, 3.8) is 0 Å². The summed E-state index contributed by atoms with van der Waals surface area (Å²) in [5.74, 6) is -2.20. The number of amides is 1. The highest BCUT2D eigenvalue weighted by Crippen LogP contribution is 2.26. The van der Waals surface area contributed by atoms with Crippen molar-refractivity contribution in [1.29, 1.82) is 0 Å². The predicted molar refractivity (Wildman–Crippen MR) is 116 cm³/mol. The van der Waals surface area contributed by atoms with Gasteiger partial charge in [-0.25, -0.2) is 18.2 Å². The van der Waals surface area contributed by atoms with Crippen LogP contribution in [-0.2, 0) is 19.6 Å². The minimum absolute atomic E-state index is 0.0392. The van der Waals surface area contributed by atoms with Gasteiger partial charge in [0, 0.05) is 12.3 Å². The molecule has 2 heterocycles. The molecule has 1 aromatic carbocycles. The molecule has 0 saturated heterocycles. The number of nitrogens with one attached hydrogen (secondary N) is 2. The Balaban J connectivity index is 1.61. The van der Waals surface area contributed by atoms with Crippen LogP contribution in [0.1, 0.15) is 10.4 Å². The van der Waals surface area contributed by atoms with Crippen LogP contribution in [0.15, 0.2) is 52.2 Å². The molecule has 0 radical (unpaired) electrons. The van der Waals surface area contributed by atoms with E-state index in [0.717, 1.165) is 17.4 Å². The summed E-state index contributed by atoms with van der Waals surface area (Å²) in [5, 5.41) is 14.4. The molecule has 3 rings (SSSR count). The van der Waals surface area contributed by atoms with Crippen molar-refractivity contribution >= 4 is 67.9 Å². The zero-order valence-electron chi connectivity index (χ0n) is 15.3. The summed E-state index contributed by atoms with van der Waals surface area (Å²) in [6, 6.07) is 7.89. The van der Waals surface area contributed by atoms with Crippen LogP contribution in [0.3, 0.4) is 0 Å². The molecule has 2 aromatic heterocycles. The van der Waals surface area contributed by atoms with Gasteiger partial charge >= 0.3 is 5.97 Å². The highest BCUT2D eigenvalue weighted by Gasteiger charge is 2.19. The highest BCUT2D eigenvalue weighted by atomic mass is 35.5. The van der Waals surface area contributed by atoms with E-state index in [-0.39, 0.29) is 31.3 Å². The van der Waals surface area contributed by atoms with Crippen molar-refractivity contribution in [2.24, 2.45) is 0 Å². The van der Waals surface area contributed by atoms with Crippen molar-refractivity contribution < 1.29 is 27.9 Å². The minimum atomic E-state index is -3.81. The van der Waals surface area contributed by atoms with E-state index in [9.17, 15) is 23.1 Å². The quantitative estimate of drug-likeness (QED) is 0.419. The second kappa shape index (κ2) is 9.52. The maximum atomic E-state index is 12.2. The van der Waals surface area contributed by atoms with Gasteiger partial charge in [-0.3, -0.25) is 9.52 Å². The number of aromatic hydroxyl groups is 1. The number of rotatable bonds is 7. The molecule has 0 fully saturated rings. The van der Waals surface area contributed by atoms with Gasteiger partial charge in [0.2, 0.25) is 0 Å². The standard InChI is InChI=1S/C18H13Cl2N3O6S2/c19-10-6-13(20)17(21-8-10)22-15(25)9-29-18(26)12-4-3-11(7-14(12)24)23-31(27,28)16-2-1-5-30-16/h1-8,23-24H,9H2,(H,21,22,25). The molecular formula is C18H13Cl2N3O6S2. The van der Waals surface area contributed by atoms with E-state index in [2.05, 4.69) is 15.0 Å². The molecule has 31 heavy (non-hydrogen) atoms. The monoisotopic (exact) mass is 501 g/mol. The van der Waals surface area contributed by atoms with Crippen molar-refractivity contribution in [2.75, 3.05) is 16.6 Å². The molecule has 0 bridgehead atoms. The molecular weight excluding hydrogens is 489 g/mol. The van der Waals surface area contributed by atoms with E-state index in [1.807, 2.05) is 0 Å². The Hall–Kier alpha value is -2.86. The molecule has 3 N–H and O–H groups in total. The lowest BCUT2D eigenvalue weighted by atomic mass is 10.2. The number of esters is 1. The molecule has 0 aliphatic rings. The van der Waals surface area contributed by atoms with Crippen LogP contribution in [-0.4, -0.2) is 37.0 Å². The number of hydrogen-bond donors (Lipinski definition) is 3. The van der Waals surface area contributed by atoms with Gasteiger partial charge in [-0.15, -0.1) is 11.3 Å². The highest BCUT2D eigenvalue weighted by molar-refractivity contribution is 7.94. The molecule has 13 heteroatoms. The molecule has 0 saturated carbocycles. The summed E-state index contributed by atoms with van der Waals surface area (Å²) in [6.45, 7) is -0.675. The lowest BCUT2D eigenvalue weighted by Gasteiger charge is -2.10. The number of pyridine rings is 1. The number of phenolic OH excluding ortho intramolecular Hbond substituents is 1. The third kappa shape index (κ3) is 5.85. The van der Waals surface area contributed by atoms with E-state index in [1.165, 1.54) is 30.5 Å².